The van der Waals surface area contributed by atoms with Gasteiger partial charge in [-0.05, 0) is 92.0 Å². The van der Waals surface area contributed by atoms with Crippen molar-refractivity contribution in [1.29, 1.82) is 0 Å². The molecule has 10 nitrogen and oxygen atoms in total. The Labute approximate surface area is 318 Å². The number of nitrogens with zero attached hydrogens (tertiary/aromatic N) is 3. The molecular weight excluding hydrogens is 718 g/mol. The summed E-state index contributed by atoms with van der Waals surface area (Å²) in [6.45, 7) is 10.1. The molecule has 0 radical (unpaired) electrons. The maximum atomic E-state index is 15.0. The van der Waals surface area contributed by atoms with Crippen LogP contribution < -0.4 is 16.2 Å². The average molecular weight is 766 g/mol. The lowest BCUT2D eigenvalue weighted by molar-refractivity contribution is -0.199. The molecule has 2 N–H and O–H groups in total. The minimum Gasteiger partial charge on any atom is -0.404 e. The second-order valence-corrected chi connectivity index (χ2v) is 16.8. The number of alkyl halides is 3. The second kappa shape index (κ2) is 14.4. The lowest BCUT2D eigenvalue weighted by Gasteiger charge is -2.64. The monoisotopic (exact) mass is 765 g/mol. The van der Waals surface area contributed by atoms with E-state index in [1.807, 2.05) is 38.3 Å². The Morgan fingerprint density at radius 2 is 1.89 bits per heavy atom. The molecule has 0 spiro atoms. The lowest BCUT2D eigenvalue weighted by Crippen LogP contribution is -2.65. The third-order valence-corrected chi connectivity index (χ3v) is 13.2. The van der Waals surface area contributed by atoms with Gasteiger partial charge in [-0.15, -0.1) is 11.8 Å². The highest BCUT2D eigenvalue weighted by Crippen LogP contribution is 2.66. The molecule has 5 aliphatic rings. The highest BCUT2D eigenvalue weighted by molar-refractivity contribution is 7.98. The predicted molar refractivity (Wildman–Crippen MR) is 202 cm³/mol. The molecule has 3 aromatic rings. The van der Waals surface area contributed by atoms with Gasteiger partial charge in [0.1, 0.15) is 17.6 Å². The lowest BCUT2D eigenvalue weighted by atomic mass is 9.43. The number of nitrogens with one attached hydrogen (secondary N) is 2. The quantitative estimate of drug-likeness (QED) is 0.156. The number of thioether (sulfide) groups is 1. The Hall–Kier alpha value is -3.82. The number of carbonyl (C=O) groups is 2. The first-order chi connectivity index (χ1) is 25.5. The zero-order chi connectivity index (χ0) is 38.7. The smallest absolute Gasteiger partial charge is 0.404 e. The molecule has 8 rings (SSSR count). The van der Waals surface area contributed by atoms with Crippen LogP contribution in [0.25, 0.3) is 0 Å². The molecule has 15 heteroatoms. The number of fused-ring (bicyclic) bond motifs is 1. The minimum absolute atomic E-state index is 0.0501. The first-order valence-corrected chi connectivity index (χ1v) is 19.9. The van der Waals surface area contributed by atoms with Crippen molar-refractivity contribution in [2.75, 3.05) is 23.4 Å². The maximum Gasteiger partial charge on any atom is 0.481 e. The van der Waals surface area contributed by atoms with Crippen LogP contribution in [0.2, 0.25) is 0 Å². The van der Waals surface area contributed by atoms with Crippen LogP contribution in [0, 0.1) is 17.3 Å². The number of halogens is 3. The molecule has 0 unspecified atom stereocenters. The van der Waals surface area contributed by atoms with Gasteiger partial charge in [0.25, 0.3) is 5.56 Å². The van der Waals surface area contributed by atoms with E-state index in [2.05, 4.69) is 36.4 Å². The topological polar surface area (TPSA) is 115 Å². The Bertz CT molecular complexity index is 2000. The van der Waals surface area contributed by atoms with Gasteiger partial charge in [-0.1, -0.05) is 45.9 Å². The largest absolute Gasteiger partial charge is 0.481 e. The SMILES string of the molecule is CC[C@@H](B1O[C@@H]2C[C@@H]3C[C@@H](C3(C)C)[C@]2(C)O1)N(CC(=O)Nc1cccc(SC)c1)C(=O)[C@@H]1C[C@H](C)c2ncc(NCc3cccc(C(F)(F)F)c3)c(=O)n21. The molecule has 4 fully saturated rings. The molecule has 7 atom stereocenters. The van der Waals surface area contributed by atoms with E-state index < -0.39 is 53.8 Å². The van der Waals surface area contributed by atoms with Gasteiger partial charge in [0.05, 0.1) is 36.0 Å². The Morgan fingerprint density at radius 3 is 2.59 bits per heavy atom. The molecule has 3 aliphatic carbocycles. The van der Waals surface area contributed by atoms with Crippen molar-refractivity contribution in [2.24, 2.45) is 17.3 Å². The minimum atomic E-state index is -4.51. The standard InChI is InChI=1S/C39H47BF3N5O5S/c1-7-32(40-52-31-17-25-16-30(37(25,3)4)38(31,5)53-40)47(21-33(49)46-26-12-9-13-27(18-26)54-6)36(51)29-14-22(2)34-45-20-28(35(50)48(29)34)44-19-23-10-8-11-24(15-23)39(41,42)43/h8-13,15,18,20,22,25,29-32,44H,7,14,16-17,19,21H2,1-6H3,(H,46,49)/t22-,25-,29-,30-,31+,32-,38-/m0/s1. The second-order valence-electron chi connectivity index (χ2n) is 16.0. The van der Waals surface area contributed by atoms with E-state index >= 15 is 0 Å². The molecule has 3 heterocycles. The van der Waals surface area contributed by atoms with Gasteiger partial charge in [-0.25, -0.2) is 4.98 Å². The third kappa shape index (κ3) is 6.85. The molecule has 1 aromatic heterocycles. The first-order valence-electron chi connectivity index (χ1n) is 18.6. The first kappa shape index (κ1) is 38.5. The van der Waals surface area contributed by atoms with Crippen molar-refractivity contribution in [3.8, 4) is 0 Å². The van der Waals surface area contributed by atoms with Crippen LogP contribution in [-0.2, 0) is 31.6 Å². The molecule has 54 heavy (non-hydrogen) atoms. The van der Waals surface area contributed by atoms with Crippen LogP contribution in [-0.4, -0.2) is 63.8 Å². The van der Waals surface area contributed by atoms with Gasteiger partial charge in [0.15, 0.2) is 0 Å². The number of carbonyl (C=O) groups excluding carboxylic acids is 2. The van der Waals surface area contributed by atoms with Crippen molar-refractivity contribution in [2.45, 2.75) is 108 Å². The van der Waals surface area contributed by atoms with Gasteiger partial charge in [-0.2, -0.15) is 13.2 Å². The number of hydrogen-bond donors (Lipinski definition) is 2. The van der Waals surface area contributed by atoms with Crippen molar-refractivity contribution in [3.05, 3.63) is 82.0 Å². The zero-order valence-corrected chi connectivity index (χ0v) is 32.2. The Kier molecular flexibility index (Phi) is 10.2. The summed E-state index contributed by atoms with van der Waals surface area (Å²) in [6, 6.07) is 11.3. The number of amides is 2. The van der Waals surface area contributed by atoms with E-state index in [-0.39, 0.29) is 42.6 Å². The highest BCUT2D eigenvalue weighted by Gasteiger charge is 2.69. The van der Waals surface area contributed by atoms with Gasteiger partial charge in [0, 0.05) is 23.0 Å². The van der Waals surface area contributed by atoms with E-state index in [1.54, 1.807) is 17.8 Å². The zero-order valence-electron chi connectivity index (χ0n) is 31.4. The van der Waals surface area contributed by atoms with Crippen LogP contribution in [0.5, 0.6) is 0 Å². The van der Waals surface area contributed by atoms with Gasteiger partial charge < -0.3 is 24.8 Å². The average Bonchev–Trinajstić information content (AvgIpc) is 3.67. The van der Waals surface area contributed by atoms with Crippen molar-refractivity contribution >= 4 is 42.1 Å². The predicted octanol–water partition coefficient (Wildman–Crippen LogP) is 7.16. The third-order valence-electron chi connectivity index (χ3n) is 12.4. The fourth-order valence-electron chi connectivity index (χ4n) is 9.31. The van der Waals surface area contributed by atoms with Gasteiger partial charge in [-0.3, -0.25) is 19.0 Å². The molecule has 1 saturated heterocycles. The molecule has 2 amide bonds. The summed E-state index contributed by atoms with van der Waals surface area (Å²) in [4.78, 5) is 49.9. The van der Waals surface area contributed by atoms with Crippen LogP contribution >= 0.6 is 11.8 Å². The fraction of sp³-hybridized carbons (Fsp3) is 0.538. The van der Waals surface area contributed by atoms with Crippen LogP contribution in [0.1, 0.15) is 89.2 Å². The van der Waals surface area contributed by atoms with E-state index in [0.717, 1.165) is 29.9 Å². The molecule has 3 saturated carbocycles. The van der Waals surface area contributed by atoms with Crippen molar-refractivity contribution in [1.82, 2.24) is 14.5 Å². The summed E-state index contributed by atoms with van der Waals surface area (Å²) in [5, 5.41) is 5.89. The van der Waals surface area contributed by atoms with Crippen LogP contribution in [0.3, 0.4) is 0 Å². The summed E-state index contributed by atoms with van der Waals surface area (Å²) in [7, 11) is -0.787. The number of rotatable bonds is 11. The summed E-state index contributed by atoms with van der Waals surface area (Å²) >= 11 is 1.55. The molecular formula is C39H47BF3N5O5S. The fourth-order valence-corrected chi connectivity index (χ4v) is 9.77. The summed E-state index contributed by atoms with van der Waals surface area (Å²) in [6.07, 6.45) is 1.28. The Morgan fingerprint density at radius 1 is 1.13 bits per heavy atom. The van der Waals surface area contributed by atoms with Crippen molar-refractivity contribution < 1.29 is 32.1 Å². The van der Waals surface area contributed by atoms with Gasteiger partial charge >= 0.3 is 13.3 Å². The summed E-state index contributed by atoms with van der Waals surface area (Å²) in [5.41, 5.74) is -0.770. The van der Waals surface area contributed by atoms with E-state index in [1.165, 1.54) is 27.8 Å². The molecule has 2 bridgehead atoms. The molecule has 2 aromatic carbocycles. The van der Waals surface area contributed by atoms with E-state index in [9.17, 15) is 27.6 Å². The number of anilines is 2. The number of aromatic nitrogens is 2. The van der Waals surface area contributed by atoms with Gasteiger partial charge in [0.2, 0.25) is 11.8 Å². The number of hydrogen-bond acceptors (Lipinski definition) is 8. The normalized spacial score (nSPS) is 27.1. The van der Waals surface area contributed by atoms with Crippen LogP contribution in [0.15, 0.2) is 64.4 Å². The summed E-state index contributed by atoms with van der Waals surface area (Å²) < 4.78 is 54.9. The van der Waals surface area contributed by atoms with Crippen LogP contribution in [0.4, 0.5) is 24.5 Å². The summed E-state index contributed by atoms with van der Waals surface area (Å²) in [5.74, 6) is -0.507. The van der Waals surface area contributed by atoms with E-state index in [0.29, 0.717) is 35.3 Å². The number of benzene rings is 2. The van der Waals surface area contributed by atoms with Crippen molar-refractivity contribution in [3.63, 3.8) is 0 Å². The molecule has 288 valence electrons. The van der Waals surface area contributed by atoms with E-state index in [4.69, 9.17) is 9.31 Å². The Balaban J connectivity index is 1.18. The highest BCUT2D eigenvalue weighted by atomic mass is 32.2. The molecule has 2 aliphatic heterocycles. The maximum absolute atomic E-state index is 15.0.